The lowest BCUT2D eigenvalue weighted by Crippen LogP contribution is -2.76. The summed E-state index contributed by atoms with van der Waals surface area (Å²) < 4.78 is 5.46. The van der Waals surface area contributed by atoms with Gasteiger partial charge in [-0.1, -0.05) is 47.0 Å². The predicted octanol–water partition coefficient (Wildman–Crippen LogP) is 5.45. The minimum atomic E-state index is -1.46. The van der Waals surface area contributed by atoms with E-state index in [1.165, 1.54) is 26.2 Å². The highest BCUT2D eigenvalue weighted by Gasteiger charge is 2.74. The number of hydrogen-bond acceptors (Lipinski definition) is 5. The van der Waals surface area contributed by atoms with E-state index in [0.717, 1.165) is 25.2 Å². The quantitative estimate of drug-likeness (QED) is 0.498. The van der Waals surface area contributed by atoms with E-state index < -0.39 is 16.6 Å². The van der Waals surface area contributed by atoms with Crippen LogP contribution in [0, 0.1) is 40.4 Å². The van der Waals surface area contributed by atoms with Crippen molar-refractivity contribution in [2.24, 2.45) is 40.4 Å². The highest BCUT2D eigenvalue weighted by atomic mass is 16.5. The van der Waals surface area contributed by atoms with Gasteiger partial charge in [-0.05, 0) is 81.0 Å². The van der Waals surface area contributed by atoms with Crippen molar-refractivity contribution in [2.45, 2.75) is 129 Å². The van der Waals surface area contributed by atoms with E-state index in [2.05, 4.69) is 27.7 Å². The zero-order valence-corrected chi connectivity index (χ0v) is 22.4. The molecule has 0 heterocycles. The molecule has 0 aliphatic heterocycles. The van der Waals surface area contributed by atoms with Crippen LogP contribution in [0.1, 0.15) is 112 Å². The van der Waals surface area contributed by atoms with Gasteiger partial charge in [0.2, 0.25) is 0 Å². The Morgan fingerprint density at radius 2 is 1.74 bits per heavy atom. The molecule has 4 fully saturated rings. The highest BCUT2D eigenvalue weighted by Crippen LogP contribution is 2.69. The maximum Gasteiger partial charge on any atom is 0.302 e. The molecular formula is C29H48O5. The van der Waals surface area contributed by atoms with Crippen LogP contribution in [0.2, 0.25) is 0 Å². The average molecular weight is 477 g/mol. The number of ether oxygens (including phenoxy) is 1. The number of fused-ring (bicyclic) bond motifs is 5. The zero-order valence-electron chi connectivity index (χ0n) is 22.4. The Morgan fingerprint density at radius 3 is 2.38 bits per heavy atom. The Balaban J connectivity index is 1.57. The van der Waals surface area contributed by atoms with E-state index in [1.54, 1.807) is 6.92 Å². The maximum absolute atomic E-state index is 13.7. The van der Waals surface area contributed by atoms with Crippen molar-refractivity contribution in [1.29, 1.82) is 0 Å². The number of rotatable bonds is 6. The summed E-state index contributed by atoms with van der Waals surface area (Å²) in [5.41, 5.74) is -3.67. The first-order chi connectivity index (χ1) is 15.8. The Morgan fingerprint density at radius 1 is 1.03 bits per heavy atom. The number of hydrogen-bond donors (Lipinski definition) is 2. The molecule has 0 amide bonds. The van der Waals surface area contributed by atoms with Gasteiger partial charge in [0.05, 0.1) is 11.0 Å². The molecular weight excluding hydrogens is 428 g/mol. The first kappa shape index (κ1) is 26.1. The van der Waals surface area contributed by atoms with E-state index in [4.69, 9.17) is 4.74 Å². The molecule has 0 bridgehead atoms. The van der Waals surface area contributed by atoms with Crippen molar-refractivity contribution in [2.75, 3.05) is 0 Å². The molecule has 0 spiro atoms. The van der Waals surface area contributed by atoms with Crippen molar-refractivity contribution < 1.29 is 24.5 Å². The SMILES string of the molecule is CC(=O)O[C@H]1CC[C@]2(O)[C@@](C)(C1)C(=O)C[C@H]1[C@@H]3CC[C@H]([C@H](C)CCCC(C)C)[C@@]3(C)CC[C@@]12O. The summed E-state index contributed by atoms with van der Waals surface area (Å²) in [6.07, 6.45) is 8.50. The van der Waals surface area contributed by atoms with Crippen molar-refractivity contribution in [3.05, 3.63) is 0 Å². The van der Waals surface area contributed by atoms with Gasteiger partial charge in [0.25, 0.3) is 0 Å². The Hall–Kier alpha value is -0.940. The monoisotopic (exact) mass is 476 g/mol. The fourth-order valence-corrected chi connectivity index (χ4v) is 9.28. The molecule has 2 N–H and O–H groups in total. The first-order valence-electron chi connectivity index (χ1n) is 13.9. The average Bonchev–Trinajstić information content (AvgIpc) is 3.09. The second kappa shape index (κ2) is 8.87. The number of aliphatic hydroxyl groups is 2. The topological polar surface area (TPSA) is 83.8 Å². The first-order valence-corrected chi connectivity index (χ1v) is 13.9. The fraction of sp³-hybridized carbons (Fsp3) is 0.931. The number of esters is 1. The number of carbonyl (C=O) groups is 2. The van der Waals surface area contributed by atoms with Gasteiger partial charge in [-0.2, -0.15) is 0 Å². The van der Waals surface area contributed by atoms with Crippen LogP contribution in [-0.4, -0.2) is 39.3 Å². The Labute approximate surface area is 206 Å². The lowest BCUT2D eigenvalue weighted by atomic mass is 9.41. The second-order valence-electron chi connectivity index (χ2n) is 13.4. The Bertz CT molecular complexity index is 808. The van der Waals surface area contributed by atoms with Crippen LogP contribution in [0.15, 0.2) is 0 Å². The molecule has 0 aromatic rings. The third kappa shape index (κ3) is 3.79. The number of carbonyl (C=O) groups excluding carboxylic acids is 2. The van der Waals surface area contributed by atoms with E-state index >= 15 is 0 Å². The molecule has 194 valence electrons. The molecule has 9 atom stereocenters. The van der Waals surface area contributed by atoms with Crippen molar-refractivity contribution in [3.8, 4) is 0 Å². The van der Waals surface area contributed by atoms with Crippen LogP contribution in [-0.2, 0) is 14.3 Å². The maximum atomic E-state index is 13.7. The van der Waals surface area contributed by atoms with Gasteiger partial charge in [-0.15, -0.1) is 0 Å². The van der Waals surface area contributed by atoms with Gasteiger partial charge in [0, 0.05) is 19.3 Å². The molecule has 5 heteroatoms. The molecule has 4 aliphatic carbocycles. The summed E-state index contributed by atoms with van der Waals surface area (Å²) in [5, 5.41) is 24.4. The van der Waals surface area contributed by atoms with E-state index in [-0.39, 0.29) is 35.1 Å². The second-order valence-corrected chi connectivity index (χ2v) is 13.4. The largest absolute Gasteiger partial charge is 0.463 e. The normalized spacial score (nSPS) is 47.0. The van der Waals surface area contributed by atoms with Gasteiger partial charge in [-0.3, -0.25) is 9.59 Å². The smallest absolute Gasteiger partial charge is 0.302 e. The molecule has 0 aromatic carbocycles. The third-order valence-electron chi connectivity index (χ3n) is 11.2. The molecule has 34 heavy (non-hydrogen) atoms. The predicted molar refractivity (Wildman–Crippen MR) is 132 cm³/mol. The van der Waals surface area contributed by atoms with Crippen LogP contribution < -0.4 is 0 Å². The molecule has 0 saturated heterocycles. The van der Waals surface area contributed by atoms with Crippen molar-refractivity contribution in [1.82, 2.24) is 0 Å². The molecule has 0 radical (unpaired) electrons. The van der Waals surface area contributed by atoms with Crippen LogP contribution in [0.5, 0.6) is 0 Å². The molecule has 4 aliphatic rings. The summed E-state index contributed by atoms with van der Waals surface area (Å²) in [6, 6.07) is 0. The standard InChI is InChI=1S/C29H48O5/c1-18(2)8-7-9-19(3)22-10-11-23-24-16-25(31)27(6)17-21(34-20(4)30)12-13-29(27,33)28(24,32)15-14-26(22,23)5/h18-19,21-24,32-33H,7-17H2,1-6H3/t19-,21+,22-,23+,24+,26-,27+,28-,29+/m1/s1. The zero-order chi connectivity index (χ0) is 25.1. The van der Waals surface area contributed by atoms with Crippen LogP contribution in [0.25, 0.3) is 0 Å². The number of Topliss-reactive ketones (excluding diaryl/α,β-unsaturated/α-hetero) is 1. The van der Waals surface area contributed by atoms with E-state index in [9.17, 15) is 19.8 Å². The van der Waals surface area contributed by atoms with Gasteiger partial charge in [0.15, 0.2) is 0 Å². The highest BCUT2D eigenvalue weighted by molar-refractivity contribution is 5.88. The van der Waals surface area contributed by atoms with Gasteiger partial charge in [-0.25, -0.2) is 0 Å². The lowest BCUT2D eigenvalue weighted by molar-refractivity contribution is -0.293. The van der Waals surface area contributed by atoms with E-state index in [1.807, 2.05) is 0 Å². The molecule has 4 rings (SSSR count). The lowest BCUT2D eigenvalue weighted by Gasteiger charge is -2.66. The summed E-state index contributed by atoms with van der Waals surface area (Å²) in [6.45, 7) is 12.6. The summed E-state index contributed by atoms with van der Waals surface area (Å²) in [7, 11) is 0. The minimum Gasteiger partial charge on any atom is -0.463 e. The van der Waals surface area contributed by atoms with Gasteiger partial charge >= 0.3 is 5.97 Å². The fourth-order valence-electron chi connectivity index (χ4n) is 9.28. The molecule has 5 nitrogen and oxygen atoms in total. The summed E-state index contributed by atoms with van der Waals surface area (Å²) >= 11 is 0. The Kier molecular flexibility index (Phi) is 6.82. The summed E-state index contributed by atoms with van der Waals surface area (Å²) in [5.74, 6) is 1.77. The van der Waals surface area contributed by atoms with Crippen LogP contribution >= 0.6 is 0 Å². The van der Waals surface area contributed by atoms with Gasteiger partial charge in [0.1, 0.15) is 17.5 Å². The number of ketones is 1. The molecule has 0 aromatic heterocycles. The van der Waals surface area contributed by atoms with Gasteiger partial charge < -0.3 is 14.9 Å². The van der Waals surface area contributed by atoms with Crippen molar-refractivity contribution >= 4 is 11.8 Å². The van der Waals surface area contributed by atoms with Crippen LogP contribution in [0.3, 0.4) is 0 Å². The van der Waals surface area contributed by atoms with E-state index in [0.29, 0.717) is 43.9 Å². The molecule has 4 saturated carbocycles. The van der Waals surface area contributed by atoms with Crippen LogP contribution in [0.4, 0.5) is 0 Å². The third-order valence-corrected chi connectivity index (χ3v) is 11.2. The van der Waals surface area contributed by atoms with Crippen molar-refractivity contribution in [3.63, 3.8) is 0 Å². The summed E-state index contributed by atoms with van der Waals surface area (Å²) in [4.78, 5) is 25.2. The minimum absolute atomic E-state index is 0.0409. The molecule has 0 unspecified atom stereocenters.